The van der Waals surface area contributed by atoms with E-state index in [0.29, 0.717) is 18.2 Å². The number of hydrogen-bond acceptors (Lipinski definition) is 5. The summed E-state index contributed by atoms with van der Waals surface area (Å²) in [4.78, 5) is 13.8. The fraction of sp³-hybridized carbons (Fsp3) is 0.667. The monoisotopic (exact) mass is 280 g/mol. The molecule has 112 valence electrons. The van der Waals surface area contributed by atoms with Crippen molar-refractivity contribution in [2.45, 2.75) is 38.8 Å². The average Bonchev–Trinajstić information content (AvgIpc) is 2.95. The summed E-state index contributed by atoms with van der Waals surface area (Å²) in [5.74, 6) is 0.425. The van der Waals surface area contributed by atoms with Gasteiger partial charge in [-0.1, -0.05) is 6.92 Å². The van der Waals surface area contributed by atoms with Gasteiger partial charge in [-0.2, -0.15) is 0 Å². The molecule has 5 nitrogen and oxygen atoms in total. The molecule has 2 heterocycles. The Bertz CT molecular complexity index is 423. The number of carbonyl (C=O) groups excluding carboxylic acids is 1. The van der Waals surface area contributed by atoms with Gasteiger partial charge in [0.25, 0.3) is 0 Å². The molecule has 1 saturated heterocycles. The molecule has 1 fully saturated rings. The molecule has 5 heteroatoms. The molecule has 0 bridgehead atoms. The van der Waals surface area contributed by atoms with Gasteiger partial charge in [0.2, 0.25) is 0 Å². The molecule has 0 radical (unpaired) electrons. The fourth-order valence-corrected chi connectivity index (χ4v) is 2.62. The third-order valence-electron chi connectivity index (χ3n) is 3.77. The molecular formula is C15H24N2O3. The van der Waals surface area contributed by atoms with E-state index in [-0.39, 0.29) is 5.97 Å². The van der Waals surface area contributed by atoms with Crippen LogP contribution in [0.3, 0.4) is 0 Å². The largest absolute Gasteiger partial charge is 0.467 e. The number of ether oxygens (including phenoxy) is 1. The molecule has 1 aliphatic heterocycles. The number of hydrogen-bond donors (Lipinski definition) is 1. The van der Waals surface area contributed by atoms with Crippen LogP contribution in [-0.2, 0) is 11.3 Å². The molecule has 1 aliphatic rings. The molecule has 0 amide bonds. The van der Waals surface area contributed by atoms with E-state index in [1.807, 2.05) is 0 Å². The molecule has 0 spiro atoms. The second-order valence-electron chi connectivity index (χ2n) is 5.29. The highest BCUT2D eigenvalue weighted by atomic mass is 16.5. The van der Waals surface area contributed by atoms with Crippen molar-refractivity contribution in [2.24, 2.45) is 0 Å². The molecular weight excluding hydrogens is 256 g/mol. The Balaban J connectivity index is 1.73. The van der Waals surface area contributed by atoms with Gasteiger partial charge in [0, 0.05) is 6.04 Å². The molecule has 0 saturated carbocycles. The van der Waals surface area contributed by atoms with Crippen molar-refractivity contribution in [3.63, 3.8) is 0 Å². The molecule has 1 N–H and O–H groups in total. The molecule has 0 unspecified atom stereocenters. The minimum Gasteiger partial charge on any atom is -0.467 e. The second kappa shape index (κ2) is 7.45. The summed E-state index contributed by atoms with van der Waals surface area (Å²) in [5, 5.41) is 3.50. The molecule has 0 atom stereocenters. The molecule has 0 aliphatic carbocycles. The van der Waals surface area contributed by atoms with E-state index in [2.05, 4.69) is 21.9 Å². The van der Waals surface area contributed by atoms with Gasteiger partial charge in [0.1, 0.15) is 12.0 Å². The first-order valence-electron chi connectivity index (χ1n) is 7.34. The summed E-state index contributed by atoms with van der Waals surface area (Å²) in [6.45, 7) is 6.41. The highest BCUT2D eigenvalue weighted by Crippen LogP contribution is 2.13. The van der Waals surface area contributed by atoms with Gasteiger partial charge in [0.05, 0.1) is 19.2 Å². The molecule has 1 aromatic heterocycles. The third kappa shape index (κ3) is 4.08. The lowest BCUT2D eigenvalue weighted by Gasteiger charge is -2.32. The Kier molecular flexibility index (Phi) is 5.61. The predicted octanol–water partition coefficient (Wildman–Crippen LogP) is 2.03. The number of methoxy groups -OCH3 is 1. The number of nitrogens with zero attached hydrogens (tertiary/aromatic N) is 1. The minimum atomic E-state index is -0.354. The first kappa shape index (κ1) is 15.1. The maximum absolute atomic E-state index is 11.3. The Morgan fingerprint density at radius 1 is 1.50 bits per heavy atom. The summed E-state index contributed by atoms with van der Waals surface area (Å²) in [6, 6.07) is 2.28. The highest BCUT2D eigenvalue weighted by Gasteiger charge is 2.18. The van der Waals surface area contributed by atoms with E-state index < -0.39 is 0 Å². The SMILES string of the molecule is CCCN1CCC(NCc2cc(C(=O)OC)co2)CC1. The van der Waals surface area contributed by atoms with Crippen LogP contribution in [0.4, 0.5) is 0 Å². The van der Waals surface area contributed by atoms with Crippen molar-refractivity contribution in [1.29, 1.82) is 0 Å². The van der Waals surface area contributed by atoms with E-state index in [9.17, 15) is 4.79 Å². The lowest BCUT2D eigenvalue weighted by molar-refractivity contribution is 0.0600. The topological polar surface area (TPSA) is 54.7 Å². The van der Waals surface area contributed by atoms with E-state index in [1.165, 1.54) is 39.2 Å². The number of carbonyl (C=O) groups is 1. The van der Waals surface area contributed by atoms with E-state index in [0.717, 1.165) is 18.8 Å². The van der Waals surface area contributed by atoms with Crippen LogP contribution in [0.25, 0.3) is 0 Å². The van der Waals surface area contributed by atoms with Gasteiger partial charge in [-0.05, 0) is 45.0 Å². The van der Waals surface area contributed by atoms with Gasteiger partial charge in [0.15, 0.2) is 0 Å². The van der Waals surface area contributed by atoms with Crippen molar-refractivity contribution in [1.82, 2.24) is 10.2 Å². The molecule has 20 heavy (non-hydrogen) atoms. The highest BCUT2D eigenvalue weighted by molar-refractivity contribution is 5.88. The van der Waals surface area contributed by atoms with E-state index in [1.54, 1.807) is 6.07 Å². The Morgan fingerprint density at radius 3 is 2.90 bits per heavy atom. The second-order valence-corrected chi connectivity index (χ2v) is 5.29. The van der Waals surface area contributed by atoms with Crippen LogP contribution in [0.15, 0.2) is 16.7 Å². The normalized spacial score (nSPS) is 17.3. The Morgan fingerprint density at radius 2 is 2.25 bits per heavy atom. The summed E-state index contributed by atoms with van der Waals surface area (Å²) in [7, 11) is 1.37. The van der Waals surface area contributed by atoms with Crippen LogP contribution >= 0.6 is 0 Å². The Labute approximate surface area is 120 Å². The lowest BCUT2D eigenvalue weighted by Crippen LogP contribution is -2.42. The average molecular weight is 280 g/mol. The van der Waals surface area contributed by atoms with Crippen LogP contribution in [0, 0.1) is 0 Å². The van der Waals surface area contributed by atoms with Crippen LogP contribution in [0.2, 0.25) is 0 Å². The van der Waals surface area contributed by atoms with Gasteiger partial charge in [-0.25, -0.2) is 4.79 Å². The number of likely N-dealkylation sites (tertiary alicyclic amines) is 1. The van der Waals surface area contributed by atoms with Gasteiger partial charge >= 0.3 is 5.97 Å². The standard InChI is InChI=1S/C15H24N2O3/c1-3-6-17-7-4-13(5-8-17)16-10-14-9-12(11-20-14)15(18)19-2/h9,11,13,16H,3-8,10H2,1-2H3. The lowest BCUT2D eigenvalue weighted by atomic mass is 10.0. The predicted molar refractivity (Wildman–Crippen MR) is 76.6 cm³/mol. The maximum Gasteiger partial charge on any atom is 0.341 e. The first-order chi connectivity index (χ1) is 9.72. The summed E-state index contributed by atoms with van der Waals surface area (Å²) < 4.78 is 10.0. The van der Waals surface area contributed by atoms with E-state index in [4.69, 9.17) is 4.42 Å². The maximum atomic E-state index is 11.3. The quantitative estimate of drug-likeness (QED) is 0.808. The van der Waals surface area contributed by atoms with E-state index >= 15 is 0 Å². The first-order valence-corrected chi connectivity index (χ1v) is 7.34. The zero-order valence-corrected chi connectivity index (χ0v) is 12.4. The van der Waals surface area contributed by atoms with Crippen LogP contribution in [0.5, 0.6) is 0 Å². The summed E-state index contributed by atoms with van der Waals surface area (Å²) in [6.07, 6.45) is 5.02. The summed E-state index contributed by atoms with van der Waals surface area (Å²) in [5.41, 5.74) is 0.474. The van der Waals surface area contributed by atoms with Gasteiger partial charge < -0.3 is 19.4 Å². The van der Waals surface area contributed by atoms with Crippen LogP contribution in [0.1, 0.15) is 42.3 Å². The van der Waals surface area contributed by atoms with Crippen LogP contribution < -0.4 is 5.32 Å². The number of furan rings is 1. The van der Waals surface area contributed by atoms with Crippen molar-refractivity contribution in [3.05, 3.63) is 23.7 Å². The fourth-order valence-electron chi connectivity index (χ4n) is 2.62. The molecule has 0 aromatic carbocycles. The van der Waals surface area contributed by atoms with Gasteiger partial charge in [-0.15, -0.1) is 0 Å². The number of esters is 1. The number of piperidine rings is 1. The minimum absolute atomic E-state index is 0.354. The number of rotatable bonds is 6. The zero-order valence-electron chi connectivity index (χ0n) is 12.4. The van der Waals surface area contributed by atoms with Gasteiger partial charge in [-0.3, -0.25) is 0 Å². The van der Waals surface area contributed by atoms with Crippen molar-refractivity contribution < 1.29 is 13.9 Å². The Hall–Kier alpha value is -1.33. The third-order valence-corrected chi connectivity index (χ3v) is 3.77. The molecule has 2 rings (SSSR count). The van der Waals surface area contributed by atoms with Crippen molar-refractivity contribution >= 4 is 5.97 Å². The molecule has 1 aromatic rings. The number of nitrogens with one attached hydrogen (secondary N) is 1. The van der Waals surface area contributed by atoms with Crippen molar-refractivity contribution in [2.75, 3.05) is 26.7 Å². The van der Waals surface area contributed by atoms with Crippen molar-refractivity contribution in [3.8, 4) is 0 Å². The smallest absolute Gasteiger partial charge is 0.341 e. The summed E-state index contributed by atoms with van der Waals surface area (Å²) >= 11 is 0. The zero-order chi connectivity index (χ0) is 14.4. The van der Waals surface area contributed by atoms with Crippen LogP contribution in [-0.4, -0.2) is 43.7 Å².